The molecule has 134 valence electrons. The zero-order chi connectivity index (χ0) is 18.0. The Labute approximate surface area is 161 Å². The van der Waals surface area contributed by atoms with Crippen LogP contribution >= 0.6 is 0 Å². The first-order chi connectivity index (χ1) is 12.9. The van der Waals surface area contributed by atoms with Gasteiger partial charge >= 0.3 is 0 Å². The van der Waals surface area contributed by atoms with E-state index < -0.39 is 0 Å². The van der Waals surface area contributed by atoms with Gasteiger partial charge in [-0.2, -0.15) is 0 Å². The molecule has 0 heterocycles. The third kappa shape index (κ3) is 5.25. The zero-order valence-electron chi connectivity index (χ0n) is 15.5. The summed E-state index contributed by atoms with van der Waals surface area (Å²) in [6, 6.07) is 21.8. The minimum Gasteiger partial charge on any atom is -0.0991 e. The molecule has 0 N–H and O–H groups in total. The lowest BCUT2D eigenvalue weighted by atomic mass is 9.83. The van der Waals surface area contributed by atoms with Crippen molar-refractivity contribution >= 4 is 10.9 Å². The summed E-state index contributed by atoms with van der Waals surface area (Å²) < 4.78 is 0. The lowest BCUT2D eigenvalue weighted by Gasteiger charge is -2.22. The van der Waals surface area contributed by atoms with E-state index >= 15 is 0 Å². The maximum absolute atomic E-state index is 3.93. The van der Waals surface area contributed by atoms with Gasteiger partial charge in [-0.05, 0) is 54.7 Å². The van der Waals surface area contributed by atoms with Crippen molar-refractivity contribution in [1.29, 1.82) is 0 Å². The first-order valence-corrected chi connectivity index (χ1v) is 11.1. The van der Waals surface area contributed by atoms with Gasteiger partial charge < -0.3 is 0 Å². The lowest BCUT2D eigenvalue weighted by Crippen LogP contribution is -2.09. The average molecular weight is 362 g/mol. The van der Waals surface area contributed by atoms with Gasteiger partial charge in [-0.1, -0.05) is 80.5 Å². The predicted molar refractivity (Wildman–Crippen MR) is 116 cm³/mol. The summed E-state index contributed by atoms with van der Waals surface area (Å²) in [6.45, 7) is 3.93. The second-order valence-corrected chi connectivity index (χ2v) is 8.88. The van der Waals surface area contributed by atoms with Crippen molar-refractivity contribution in [3.8, 4) is 0 Å². The van der Waals surface area contributed by atoms with Crippen molar-refractivity contribution in [3.05, 3.63) is 97.1 Å². The second-order valence-electron chi connectivity index (χ2n) is 6.82. The molecule has 0 bridgehead atoms. The van der Waals surface area contributed by atoms with Crippen LogP contribution in [0.25, 0.3) is 0 Å². The summed E-state index contributed by atoms with van der Waals surface area (Å²) in [5, 5.41) is 0. The van der Waals surface area contributed by atoms with Crippen molar-refractivity contribution < 1.29 is 0 Å². The summed E-state index contributed by atoms with van der Waals surface area (Å²) in [7, 11) is 0.0836. The van der Waals surface area contributed by atoms with Crippen LogP contribution in [0.15, 0.2) is 107 Å². The number of rotatable bonds is 7. The molecule has 1 heteroatoms. The fourth-order valence-electron chi connectivity index (χ4n) is 3.68. The van der Waals surface area contributed by atoms with Crippen molar-refractivity contribution in [2.75, 3.05) is 5.75 Å². The minimum absolute atomic E-state index is 0.0836. The quantitative estimate of drug-likeness (QED) is 0.369. The number of hydrogen-bond acceptors (Lipinski definition) is 0. The third-order valence-electron chi connectivity index (χ3n) is 5.02. The van der Waals surface area contributed by atoms with Gasteiger partial charge in [0.25, 0.3) is 0 Å². The fraction of sp³-hybridized carbons (Fsp3) is 0.280. The van der Waals surface area contributed by atoms with Crippen LogP contribution in [-0.2, 0) is 10.9 Å². The molecule has 26 heavy (non-hydrogen) atoms. The van der Waals surface area contributed by atoms with E-state index in [1.54, 1.807) is 0 Å². The predicted octanol–water partition coefficient (Wildman–Crippen LogP) is 6.97. The summed E-state index contributed by atoms with van der Waals surface area (Å²) in [5.41, 5.74) is 1.46. The minimum atomic E-state index is 0.0836. The van der Waals surface area contributed by atoms with Crippen LogP contribution in [0, 0.1) is 5.92 Å². The van der Waals surface area contributed by atoms with Crippen molar-refractivity contribution in [2.24, 2.45) is 5.92 Å². The van der Waals surface area contributed by atoms with E-state index in [2.05, 4.69) is 85.5 Å². The van der Waals surface area contributed by atoms with Crippen LogP contribution in [0.1, 0.15) is 32.1 Å². The molecular formula is C25H29S+. The molecule has 0 spiro atoms. The summed E-state index contributed by atoms with van der Waals surface area (Å²) in [6.07, 6.45) is 15.7. The summed E-state index contributed by atoms with van der Waals surface area (Å²) in [5.74, 6) is 1.77. The Balaban J connectivity index is 1.77. The monoisotopic (exact) mass is 361 g/mol. The number of benzene rings is 2. The fourth-order valence-corrected chi connectivity index (χ4v) is 5.60. The number of allylic oxidation sites excluding steroid dienone is 4. The molecule has 0 aromatic heterocycles. The van der Waals surface area contributed by atoms with Gasteiger partial charge in [0.15, 0.2) is 9.79 Å². The van der Waals surface area contributed by atoms with Crippen molar-refractivity contribution in [1.82, 2.24) is 0 Å². The standard InChI is InChI=1S/C25H29S/c1-2-13-22(23-14-6-3-7-15-23)16-12-21-26(24-17-8-4-9-18-24)25-19-10-5-11-20-25/h2,4-5,8-13,16-20,23H,1,3,6-7,14-15,21H2/q+1/b16-12-,22-13+. The van der Waals surface area contributed by atoms with Gasteiger partial charge in [0.1, 0.15) is 5.75 Å². The van der Waals surface area contributed by atoms with Gasteiger partial charge in [-0.25, -0.2) is 0 Å². The smallest absolute Gasteiger partial charge is 0.0991 e. The van der Waals surface area contributed by atoms with Gasteiger partial charge in [-0.15, -0.1) is 0 Å². The third-order valence-corrected chi connectivity index (χ3v) is 7.22. The molecule has 2 aromatic rings. The molecule has 0 amide bonds. The largest absolute Gasteiger partial charge is 0.161 e. The second kappa shape index (κ2) is 10.2. The molecule has 1 aliphatic rings. The van der Waals surface area contributed by atoms with E-state index in [0.717, 1.165) is 5.75 Å². The van der Waals surface area contributed by atoms with E-state index in [4.69, 9.17) is 0 Å². The summed E-state index contributed by atoms with van der Waals surface area (Å²) in [4.78, 5) is 2.82. The molecule has 2 aromatic carbocycles. The SMILES string of the molecule is C=C/C=C(\C=C/C[S+](c1ccccc1)c1ccccc1)C1CCCCC1. The highest BCUT2D eigenvalue weighted by molar-refractivity contribution is 7.97. The highest BCUT2D eigenvalue weighted by Gasteiger charge is 2.23. The molecule has 0 radical (unpaired) electrons. The van der Waals surface area contributed by atoms with Crippen LogP contribution in [-0.4, -0.2) is 5.75 Å². The van der Waals surface area contributed by atoms with Gasteiger partial charge in [-0.3, -0.25) is 0 Å². The van der Waals surface area contributed by atoms with Gasteiger partial charge in [0.05, 0.1) is 10.9 Å². The Hall–Kier alpha value is -1.99. The molecule has 0 saturated heterocycles. The van der Waals surface area contributed by atoms with E-state index in [1.807, 2.05) is 6.08 Å². The van der Waals surface area contributed by atoms with E-state index in [9.17, 15) is 0 Å². The van der Waals surface area contributed by atoms with Crippen LogP contribution in [0.5, 0.6) is 0 Å². The number of hydrogen-bond donors (Lipinski definition) is 0. The molecule has 1 saturated carbocycles. The van der Waals surface area contributed by atoms with E-state index in [0.29, 0.717) is 5.92 Å². The maximum Gasteiger partial charge on any atom is 0.161 e. The first kappa shape index (κ1) is 18.8. The van der Waals surface area contributed by atoms with Crippen LogP contribution in [0.2, 0.25) is 0 Å². The Morgan fingerprint density at radius 1 is 0.885 bits per heavy atom. The van der Waals surface area contributed by atoms with Gasteiger partial charge in [0.2, 0.25) is 0 Å². The normalized spacial score (nSPS) is 16.3. The van der Waals surface area contributed by atoms with Crippen molar-refractivity contribution in [3.63, 3.8) is 0 Å². The van der Waals surface area contributed by atoms with Crippen molar-refractivity contribution in [2.45, 2.75) is 41.9 Å². The van der Waals surface area contributed by atoms with Gasteiger partial charge in [0, 0.05) is 0 Å². The molecular weight excluding hydrogens is 332 g/mol. The molecule has 0 aliphatic heterocycles. The Morgan fingerprint density at radius 3 is 2.00 bits per heavy atom. The molecule has 3 rings (SSSR count). The Kier molecular flexibility index (Phi) is 7.39. The maximum atomic E-state index is 3.93. The lowest BCUT2D eigenvalue weighted by molar-refractivity contribution is 0.408. The molecule has 1 aliphatic carbocycles. The Bertz CT molecular complexity index is 682. The van der Waals surface area contributed by atoms with E-state index in [1.165, 1.54) is 47.5 Å². The van der Waals surface area contributed by atoms with Crippen LogP contribution in [0.3, 0.4) is 0 Å². The molecule has 0 nitrogen and oxygen atoms in total. The highest BCUT2D eigenvalue weighted by atomic mass is 32.2. The average Bonchev–Trinajstić information content (AvgIpc) is 2.72. The van der Waals surface area contributed by atoms with Crippen LogP contribution in [0.4, 0.5) is 0 Å². The highest BCUT2D eigenvalue weighted by Crippen LogP contribution is 2.31. The zero-order valence-corrected chi connectivity index (χ0v) is 16.3. The Morgan fingerprint density at radius 2 is 1.46 bits per heavy atom. The molecule has 1 fully saturated rings. The molecule has 0 atom stereocenters. The summed E-state index contributed by atoms with van der Waals surface area (Å²) >= 11 is 0. The van der Waals surface area contributed by atoms with Crippen LogP contribution < -0.4 is 0 Å². The van der Waals surface area contributed by atoms with E-state index in [-0.39, 0.29) is 10.9 Å². The topological polar surface area (TPSA) is 0 Å². The molecule has 0 unspecified atom stereocenters. The first-order valence-electron chi connectivity index (χ1n) is 9.68.